The van der Waals surface area contributed by atoms with E-state index in [1.54, 1.807) is 31.2 Å². The maximum Gasteiger partial charge on any atom is 0.319 e. The number of rotatable bonds is 4. The lowest BCUT2D eigenvalue weighted by Gasteiger charge is -2.14. The molecule has 0 saturated carbocycles. The van der Waals surface area contributed by atoms with Crippen LogP contribution in [0.1, 0.15) is 13.8 Å². The molecule has 0 aromatic heterocycles. The van der Waals surface area contributed by atoms with Crippen LogP contribution in [-0.2, 0) is 4.79 Å². The Morgan fingerprint density at radius 3 is 2.72 bits per heavy atom. The number of halogens is 1. The molecule has 6 heteroatoms. The van der Waals surface area contributed by atoms with Crippen molar-refractivity contribution in [2.75, 3.05) is 11.9 Å². The Morgan fingerprint density at radius 2 is 2.11 bits per heavy atom. The highest BCUT2D eigenvalue weighted by atomic mass is 35.5. The second kappa shape index (κ2) is 6.86. The van der Waals surface area contributed by atoms with Crippen molar-refractivity contribution in [2.45, 2.75) is 19.9 Å². The Balaban J connectivity index is 2.49. The number of hydrogen-bond donors (Lipinski definition) is 3. The van der Waals surface area contributed by atoms with Crippen LogP contribution in [0, 0.1) is 0 Å². The zero-order valence-corrected chi connectivity index (χ0v) is 11.0. The van der Waals surface area contributed by atoms with Gasteiger partial charge in [-0.05, 0) is 32.0 Å². The van der Waals surface area contributed by atoms with Crippen molar-refractivity contribution in [1.82, 2.24) is 10.6 Å². The van der Waals surface area contributed by atoms with Gasteiger partial charge in [-0.2, -0.15) is 0 Å². The van der Waals surface area contributed by atoms with Crippen molar-refractivity contribution in [3.63, 3.8) is 0 Å². The van der Waals surface area contributed by atoms with E-state index in [0.717, 1.165) is 0 Å². The lowest BCUT2D eigenvalue weighted by molar-refractivity contribution is -0.122. The summed E-state index contributed by atoms with van der Waals surface area (Å²) in [6, 6.07) is 5.73. The summed E-state index contributed by atoms with van der Waals surface area (Å²) in [6.45, 7) is 3.96. The van der Waals surface area contributed by atoms with Gasteiger partial charge in [0.15, 0.2) is 0 Å². The first-order chi connectivity index (χ1) is 8.52. The highest BCUT2D eigenvalue weighted by Gasteiger charge is 2.14. The lowest BCUT2D eigenvalue weighted by atomic mass is 10.3. The third-order valence-corrected chi connectivity index (χ3v) is 2.41. The molecule has 1 atom stereocenters. The summed E-state index contributed by atoms with van der Waals surface area (Å²) in [5.41, 5.74) is 0.572. The van der Waals surface area contributed by atoms with Gasteiger partial charge in [-0.3, -0.25) is 4.79 Å². The predicted octanol–water partition coefficient (Wildman–Crippen LogP) is 1.99. The fourth-order valence-corrected chi connectivity index (χ4v) is 1.51. The quantitative estimate of drug-likeness (QED) is 0.782. The van der Waals surface area contributed by atoms with Gasteiger partial charge in [-0.15, -0.1) is 0 Å². The molecule has 5 nitrogen and oxygen atoms in total. The molecule has 0 aliphatic carbocycles. The van der Waals surface area contributed by atoms with Gasteiger partial charge in [0.25, 0.3) is 0 Å². The van der Waals surface area contributed by atoms with E-state index in [2.05, 4.69) is 16.0 Å². The van der Waals surface area contributed by atoms with Gasteiger partial charge in [0.05, 0.1) is 0 Å². The lowest BCUT2D eigenvalue weighted by Crippen LogP contribution is -2.46. The van der Waals surface area contributed by atoms with E-state index in [0.29, 0.717) is 17.3 Å². The minimum Gasteiger partial charge on any atom is -0.355 e. The van der Waals surface area contributed by atoms with Gasteiger partial charge in [0.2, 0.25) is 5.91 Å². The van der Waals surface area contributed by atoms with Crippen molar-refractivity contribution < 1.29 is 9.59 Å². The first kappa shape index (κ1) is 14.3. The molecule has 98 valence electrons. The molecule has 0 spiro atoms. The molecule has 1 unspecified atom stereocenters. The molecule has 0 bridgehead atoms. The normalized spacial score (nSPS) is 11.5. The Labute approximate surface area is 111 Å². The van der Waals surface area contributed by atoms with Gasteiger partial charge in [-0.1, -0.05) is 17.7 Å². The summed E-state index contributed by atoms with van der Waals surface area (Å²) in [5.74, 6) is -0.223. The third kappa shape index (κ3) is 4.63. The number of anilines is 1. The first-order valence-corrected chi connectivity index (χ1v) is 6.01. The molecule has 1 rings (SSSR count). The fourth-order valence-electron chi connectivity index (χ4n) is 1.32. The average Bonchev–Trinajstić information content (AvgIpc) is 2.28. The largest absolute Gasteiger partial charge is 0.355 e. The molecule has 0 aliphatic rings. The van der Waals surface area contributed by atoms with Crippen molar-refractivity contribution in [1.29, 1.82) is 0 Å². The summed E-state index contributed by atoms with van der Waals surface area (Å²) in [5, 5.41) is 8.28. The van der Waals surface area contributed by atoms with Crippen LogP contribution < -0.4 is 16.0 Å². The highest BCUT2D eigenvalue weighted by molar-refractivity contribution is 6.30. The Kier molecular flexibility index (Phi) is 5.45. The van der Waals surface area contributed by atoms with Gasteiger partial charge in [-0.25, -0.2) is 4.79 Å². The van der Waals surface area contributed by atoms with Crippen LogP contribution in [0.25, 0.3) is 0 Å². The van der Waals surface area contributed by atoms with Crippen molar-refractivity contribution in [3.05, 3.63) is 29.3 Å². The minimum atomic E-state index is -0.593. The molecule has 0 aliphatic heterocycles. The number of hydrogen-bond acceptors (Lipinski definition) is 2. The van der Waals surface area contributed by atoms with Crippen LogP contribution in [0.4, 0.5) is 10.5 Å². The first-order valence-electron chi connectivity index (χ1n) is 5.63. The fraction of sp³-hybridized carbons (Fsp3) is 0.333. The van der Waals surface area contributed by atoms with Crippen LogP contribution in [0.15, 0.2) is 24.3 Å². The van der Waals surface area contributed by atoms with E-state index >= 15 is 0 Å². The summed E-state index contributed by atoms with van der Waals surface area (Å²) in [4.78, 5) is 23.0. The molecule has 3 N–H and O–H groups in total. The van der Waals surface area contributed by atoms with Crippen LogP contribution >= 0.6 is 11.6 Å². The molecule has 1 aromatic rings. The molecule has 0 radical (unpaired) electrons. The molecule has 0 heterocycles. The van der Waals surface area contributed by atoms with E-state index in [-0.39, 0.29) is 5.91 Å². The second-order valence-electron chi connectivity index (χ2n) is 3.73. The second-order valence-corrected chi connectivity index (χ2v) is 4.16. The van der Waals surface area contributed by atoms with Gasteiger partial charge in [0, 0.05) is 17.3 Å². The standard InChI is InChI=1S/C12H16ClN3O2/c1-3-14-11(17)8(2)15-12(18)16-10-6-4-5-9(13)7-10/h4-8H,3H2,1-2H3,(H,14,17)(H2,15,16,18). The Hall–Kier alpha value is -1.75. The zero-order chi connectivity index (χ0) is 13.5. The van der Waals surface area contributed by atoms with E-state index in [9.17, 15) is 9.59 Å². The number of amides is 3. The van der Waals surface area contributed by atoms with E-state index in [4.69, 9.17) is 11.6 Å². The van der Waals surface area contributed by atoms with Crippen molar-refractivity contribution in [2.24, 2.45) is 0 Å². The number of benzene rings is 1. The van der Waals surface area contributed by atoms with Gasteiger partial charge >= 0.3 is 6.03 Å². The van der Waals surface area contributed by atoms with Gasteiger partial charge in [0.1, 0.15) is 6.04 Å². The Bertz CT molecular complexity index is 437. The molecule has 0 saturated heterocycles. The maximum atomic E-state index is 11.6. The molecule has 18 heavy (non-hydrogen) atoms. The Morgan fingerprint density at radius 1 is 1.39 bits per heavy atom. The number of carbonyl (C=O) groups excluding carboxylic acids is 2. The molecular weight excluding hydrogens is 254 g/mol. The van der Waals surface area contributed by atoms with Gasteiger partial charge < -0.3 is 16.0 Å². The van der Waals surface area contributed by atoms with Crippen LogP contribution in [0.5, 0.6) is 0 Å². The van der Waals surface area contributed by atoms with Crippen molar-refractivity contribution in [3.8, 4) is 0 Å². The third-order valence-electron chi connectivity index (χ3n) is 2.17. The molecule has 0 fully saturated rings. The average molecular weight is 270 g/mol. The number of urea groups is 1. The van der Waals surface area contributed by atoms with Crippen LogP contribution in [0.3, 0.4) is 0 Å². The SMILES string of the molecule is CCNC(=O)C(C)NC(=O)Nc1cccc(Cl)c1. The van der Waals surface area contributed by atoms with E-state index in [1.807, 2.05) is 6.92 Å². The maximum absolute atomic E-state index is 11.6. The molecule has 3 amide bonds. The smallest absolute Gasteiger partial charge is 0.319 e. The van der Waals surface area contributed by atoms with E-state index in [1.165, 1.54) is 0 Å². The molecule has 1 aromatic carbocycles. The predicted molar refractivity (Wildman–Crippen MR) is 71.8 cm³/mol. The highest BCUT2D eigenvalue weighted by Crippen LogP contribution is 2.14. The minimum absolute atomic E-state index is 0.223. The summed E-state index contributed by atoms with van der Waals surface area (Å²) >= 11 is 5.79. The van der Waals surface area contributed by atoms with Crippen LogP contribution in [0.2, 0.25) is 5.02 Å². The number of likely N-dealkylation sites (N-methyl/N-ethyl adjacent to an activating group) is 1. The number of nitrogens with one attached hydrogen (secondary N) is 3. The molecular formula is C12H16ClN3O2. The summed E-state index contributed by atoms with van der Waals surface area (Å²) < 4.78 is 0. The monoisotopic (exact) mass is 269 g/mol. The number of carbonyl (C=O) groups is 2. The van der Waals surface area contributed by atoms with E-state index < -0.39 is 12.1 Å². The van der Waals surface area contributed by atoms with Crippen molar-refractivity contribution >= 4 is 29.2 Å². The summed E-state index contributed by atoms with van der Waals surface area (Å²) in [7, 11) is 0. The zero-order valence-electron chi connectivity index (χ0n) is 10.3. The van der Waals surface area contributed by atoms with Crippen LogP contribution in [-0.4, -0.2) is 24.5 Å². The topological polar surface area (TPSA) is 70.2 Å². The summed E-state index contributed by atoms with van der Waals surface area (Å²) in [6.07, 6.45) is 0.